The third-order valence-electron chi connectivity index (χ3n) is 4.42. The van der Waals surface area contributed by atoms with Crippen LogP contribution in [0, 0.1) is 0 Å². The first-order valence-corrected chi connectivity index (χ1v) is 7.99. The standard InChI is InChI=1S/C17H18F3N3O2/c18-17(19,20)13-3-1-2-11(8-13)9-16(24)23-6-4-12(5-7-23)14-10-15(21)25-22-14/h1-3,8,10,12H,4-7,9,21H2. The molecule has 5 nitrogen and oxygen atoms in total. The van der Waals surface area contributed by atoms with E-state index in [0.29, 0.717) is 18.7 Å². The minimum Gasteiger partial charge on any atom is -0.368 e. The second kappa shape index (κ2) is 6.78. The van der Waals surface area contributed by atoms with Gasteiger partial charge in [0.15, 0.2) is 0 Å². The maximum absolute atomic E-state index is 12.7. The molecule has 0 saturated carbocycles. The number of nitrogens with zero attached hydrogens (tertiary/aromatic N) is 2. The SMILES string of the molecule is Nc1cc(C2CCN(C(=O)Cc3cccc(C(F)(F)F)c3)CC2)no1. The molecular formula is C17H18F3N3O2. The molecule has 1 saturated heterocycles. The zero-order valence-electron chi connectivity index (χ0n) is 13.4. The molecule has 1 fully saturated rings. The Morgan fingerprint density at radius 2 is 2.00 bits per heavy atom. The van der Waals surface area contributed by atoms with Crippen LogP contribution in [0.5, 0.6) is 0 Å². The highest BCUT2D eigenvalue weighted by Crippen LogP contribution is 2.30. The van der Waals surface area contributed by atoms with Gasteiger partial charge in [-0.1, -0.05) is 23.4 Å². The van der Waals surface area contributed by atoms with Crippen molar-refractivity contribution in [3.05, 3.63) is 47.2 Å². The van der Waals surface area contributed by atoms with Crippen LogP contribution >= 0.6 is 0 Å². The number of carbonyl (C=O) groups is 1. The second-order valence-corrected chi connectivity index (χ2v) is 6.18. The van der Waals surface area contributed by atoms with Gasteiger partial charge in [-0.25, -0.2) is 0 Å². The van der Waals surface area contributed by atoms with Gasteiger partial charge in [-0.15, -0.1) is 0 Å². The number of aromatic nitrogens is 1. The number of anilines is 1. The number of rotatable bonds is 3. The predicted octanol–water partition coefficient (Wildman–Crippen LogP) is 3.22. The molecule has 1 aromatic carbocycles. The Hall–Kier alpha value is -2.51. The number of carbonyl (C=O) groups excluding carboxylic acids is 1. The first-order chi connectivity index (χ1) is 11.8. The fourth-order valence-electron chi connectivity index (χ4n) is 3.06. The van der Waals surface area contributed by atoms with Crippen LogP contribution in [0.3, 0.4) is 0 Å². The lowest BCUT2D eigenvalue weighted by molar-refractivity contribution is -0.138. The second-order valence-electron chi connectivity index (χ2n) is 6.18. The molecule has 2 aromatic rings. The summed E-state index contributed by atoms with van der Waals surface area (Å²) in [6.45, 7) is 1.07. The van der Waals surface area contributed by atoms with Crippen LogP contribution in [0.25, 0.3) is 0 Å². The molecule has 0 aliphatic carbocycles. The van der Waals surface area contributed by atoms with Crippen molar-refractivity contribution in [2.45, 2.75) is 31.4 Å². The van der Waals surface area contributed by atoms with Crippen molar-refractivity contribution in [3.8, 4) is 0 Å². The average molecular weight is 353 g/mol. The number of benzene rings is 1. The van der Waals surface area contributed by atoms with Gasteiger partial charge in [-0.05, 0) is 24.5 Å². The van der Waals surface area contributed by atoms with Crippen molar-refractivity contribution in [2.24, 2.45) is 0 Å². The molecule has 0 radical (unpaired) electrons. The maximum Gasteiger partial charge on any atom is 0.416 e. The third kappa shape index (κ3) is 4.12. The monoisotopic (exact) mass is 353 g/mol. The van der Waals surface area contributed by atoms with E-state index in [0.717, 1.165) is 30.7 Å². The number of hydrogen-bond donors (Lipinski definition) is 1. The van der Waals surface area contributed by atoms with Crippen molar-refractivity contribution >= 4 is 11.8 Å². The Morgan fingerprint density at radius 3 is 2.60 bits per heavy atom. The number of nitrogen functional groups attached to an aromatic ring is 1. The van der Waals surface area contributed by atoms with Gasteiger partial charge >= 0.3 is 6.18 Å². The van der Waals surface area contributed by atoms with E-state index in [2.05, 4.69) is 5.16 Å². The molecular weight excluding hydrogens is 335 g/mol. The zero-order valence-corrected chi connectivity index (χ0v) is 13.4. The van der Waals surface area contributed by atoms with Gasteiger partial charge in [0.05, 0.1) is 17.7 Å². The fraction of sp³-hybridized carbons (Fsp3) is 0.412. The molecule has 2 heterocycles. The van der Waals surface area contributed by atoms with Gasteiger partial charge in [0, 0.05) is 25.1 Å². The first-order valence-electron chi connectivity index (χ1n) is 7.99. The van der Waals surface area contributed by atoms with Gasteiger partial charge in [0.2, 0.25) is 11.8 Å². The first kappa shape index (κ1) is 17.3. The summed E-state index contributed by atoms with van der Waals surface area (Å²) >= 11 is 0. The lowest BCUT2D eigenvalue weighted by atomic mass is 9.93. The minimum atomic E-state index is -4.41. The van der Waals surface area contributed by atoms with Gasteiger partial charge in [0.25, 0.3) is 0 Å². The summed E-state index contributed by atoms with van der Waals surface area (Å²) in [7, 11) is 0. The molecule has 8 heteroatoms. The van der Waals surface area contributed by atoms with E-state index in [1.807, 2.05) is 0 Å². The molecule has 0 unspecified atom stereocenters. The lowest BCUT2D eigenvalue weighted by Gasteiger charge is -2.31. The van der Waals surface area contributed by atoms with Gasteiger partial charge < -0.3 is 15.2 Å². The van der Waals surface area contributed by atoms with E-state index in [1.165, 1.54) is 12.1 Å². The Labute approximate surface area is 142 Å². The van der Waals surface area contributed by atoms with Crippen LogP contribution in [-0.2, 0) is 17.4 Å². The number of nitrogens with two attached hydrogens (primary N) is 1. The normalized spacial score (nSPS) is 16.2. The van der Waals surface area contributed by atoms with Crippen molar-refractivity contribution in [1.29, 1.82) is 0 Å². The van der Waals surface area contributed by atoms with E-state index in [9.17, 15) is 18.0 Å². The Balaban J connectivity index is 1.58. The Morgan fingerprint density at radius 1 is 1.28 bits per heavy atom. The van der Waals surface area contributed by atoms with Gasteiger partial charge in [-0.2, -0.15) is 13.2 Å². The van der Waals surface area contributed by atoms with Crippen molar-refractivity contribution in [3.63, 3.8) is 0 Å². The van der Waals surface area contributed by atoms with Crippen molar-refractivity contribution < 1.29 is 22.5 Å². The van der Waals surface area contributed by atoms with Crippen LogP contribution in [0.1, 0.15) is 35.6 Å². The van der Waals surface area contributed by atoms with Gasteiger partial charge in [-0.3, -0.25) is 4.79 Å². The van der Waals surface area contributed by atoms with E-state index in [1.54, 1.807) is 11.0 Å². The molecule has 3 rings (SSSR count). The predicted molar refractivity (Wildman–Crippen MR) is 84.6 cm³/mol. The molecule has 0 spiro atoms. The smallest absolute Gasteiger partial charge is 0.368 e. The van der Waals surface area contributed by atoms with Crippen LogP contribution in [0.15, 0.2) is 34.9 Å². The Bertz CT molecular complexity index is 750. The highest BCUT2D eigenvalue weighted by atomic mass is 19.4. The molecule has 2 N–H and O–H groups in total. The number of piperidine rings is 1. The number of likely N-dealkylation sites (tertiary alicyclic amines) is 1. The highest BCUT2D eigenvalue weighted by Gasteiger charge is 2.31. The van der Waals surface area contributed by atoms with Gasteiger partial charge in [0.1, 0.15) is 0 Å². The summed E-state index contributed by atoms with van der Waals surface area (Å²) in [5.41, 5.74) is 5.93. The number of halogens is 3. The molecule has 1 amide bonds. The zero-order chi connectivity index (χ0) is 18.0. The topological polar surface area (TPSA) is 72.4 Å². The largest absolute Gasteiger partial charge is 0.416 e. The van der Waals surface area contributed by atoms with Crippen molar-refractivity contribution in [1.82, 2.24) is 10.1 Å². The van der Waals surface area contributed by atoms with Crippen LogP contribution in [-0.4, -0.2) is 29.1 Å². The van der Waals surface area contributed by atoms with E-state index < -0.39 is 11.7 Å². The lowest BCUT2D eigenvalue weighted by Crippen LogP contribution is -2.38. The summed E-state index contributed by atoms with van der Waals surface area (Å²) < 4.78 is 43.1. The summed E-state index contributed by atoms with van der Waals surface area (Å²) in [4.78, 5) is 14.0. The quantitative estimate of drug-likeness (QED) is 0.920. The molecule has 1 aromatic heterocycles. The minimum absolute atomic E-state index is 0.0362. The summed E-state index contributed by atoms with van der Waals surface area (Å²) in [6, 6.07) is 6.58. The van der Waals surface area contributed by atoms with Crippen LogP contribution < -0.4 is 5.73 Å². The molecule has 0 atom stereocenters. The molecule has 134 valence electrons. The molecule has 25 heavy (non-hydrogen) atoms. The molecule has 0 bridgehead atoms. The molecule has 1 aliphatic rings. The number of alkyl halides is 3. The summed E-state index contributed by atoms with van der Waals surface area (Å²) in [6.07, 6.45) is -3.00. The fourth-order valence-corrected chi connectivity index (χ4v) is 3.06. The summed E-state index contributed by atoms with van der Waals surface area (Å²) in [5.74, 6) is 0.272. The summed E-state index contributed by atoms with van der Waals surface area (Å²) in [5, 5.41) is 3.90. The van der Waals surface area contributed by atoms with Crippen LogP contribution in [0.4, 0.5) is 19.1 Å². The van der Waals surface area contributed by atoms with Crippen LogP contribution in [0.2, 0.25) is 0 Å². The molecule has 1 aliphatic heterocycles. The maximum atomic E-state index is 12.7. The van der Waals surface area contributed by atoms with Crippen molar-refractivity contribution in [2.75, 3.05) is 18.8 Å². The average Bonchev–Trinajstić information content (AvgIpc) is 3.01. The van der Waals surface area contributed by atoms with E-state index in [-0.39, 0.29) is 24.1 Å². The Kier molecular flexibility index (Phi) is 4.69. The highest BCUT2D eigenvalue weighted by molar-refractivity contribution is 5.79. The number of amides is 1. The number of hydrogen-bond acceptors (Lipinski definition) is 4. The van der Waals surface area contributed by atoms with E-state index in [4.69, 9.17) is 10.3 Å². The third-order valence-corrected chi connectivity index (χ3v) is 4.42. The van der Waals surface area contributed by atoms with E-state index >= 15 is 0 Å².